The molecule has 4 aliphatic rings. The molecule has 11 heteroatoms. The summed E-state index contributed by atoms with van der Waals surface area (Å²) < 4.78 is 5.12. The minimum atomic E-state index is -0.744. The third kappa shape index (κ3) is 3.92. The van der Waals surface area contributed by atoms with Crippen molar-refractivity contribution in [3.8, 4) is 0 Å². The Morgan fingerprint density at radius 1 is 1.12 bits per heavy atom. The summed E-state index contributed by atoms with van der Waals surface area (Å²) in [5, 5.41) is 5.81. The van der Waals surface area contributed by atoms with Gasteiger partial charge >= 0.3 is 0 Å². The van der Waals surface area contributed by atoms with Crippen LogP contribution >= 0.6 is 0 Å². The van der Waals surface area contributed by atoms with Gasteiger partial charge in [0.25, 0.3) is 5.91 Å². The number of carbonyl (C=O) groups is 5. The molecule has 11 nitrogen and oxygen atoms in total. The standard InChI is InChI=1S/C23H29N5O6/c1-13(29)26-7-4-14(5-8-26)22(32)27-9-6-16-19(27)23(33)28-12-15(11-17(28)20(30)25-16)24-21(31)18-3-2-10-34-18/h2-3,10,14-17,19H,4-9,11-12H2,1H3,(H,24,31)(H,25,30). The smallest absolute Gasteiger partial charge is 0.287 e. The second-order valence-electron chi connectivity index (χ2n) is 9.55. The van der Waals surface area contributed by atoms with Gasteiger partial charge in [0.15, 0.2) is 5.76 Å². The fourth-order valence-electron chi connectivity index (χ4n) is 5.72. The molecule has 182 valence electrons. The van der Waals surface area contributed by atoms with E-state index in [1.54, 1.807) is 21.9 Å². The first-order chi connectivity index (χ1) is 16.3. The molecule has 2 N–H and O–H groups in total. The number of amides is 5. The Bertz CT molecular complexity index is 1000. The van der Waals surface area contributed by atoms with Gasteiger partial charge in [-0.25, -0.2) is 0 Å². The average Bonchev–Trinajstić information content (AvgIpc) is 3.57. The van der Waals surface area contributed by atoms with E-state index >= 15 is 0 Å². The van der Waals surface area contributed by atoms with Crippen LogP contribution < -0.4 is 10.6 Å². The molecule has 34 heavy (non-hydrogen) atoms. The summed E-state index contributed by atoms with van der Waals surface area (Å²) in [5.41, 5.74) is 0. The second-order valence-corrected chi connectivity index (χ2v) is 9.55. The SMILES string of the molecule is CC(=O)N1CCC(C(=O)N2CCC3NC(=O)C4CC(NC(=O)c5ccco5)CN4C(=O)C32)CC1. The fourth-order valence-corrected chi connectivity index (χ4v) is 5.72. The quantitative estimate of drug-likeness (QED) is 0.601. The van der Waals surface area contributed by atoms with Crippen molar-refractivity contribution in [2.24, 2.45) is 5.92 Å². The Balaban J connectivity index is 1.28. The molecule has 0 aliphatic carbocycles. The first kappa shape index (κ1) is 22.4. The third-order valence-electron chi connectivity index (χ3n) is 7.52. The Morgan fingerprint density at radius 3 is 2.56 bits per heavy atom. The molecule has 0 spiro atoms. The van der Waals surface area contributed by atoms with Crippen molar-refractivity contribution >= 4 is 29.5 Å². The van der Waals surface area contributed by atoms with Gasteiger partial charge in [-0.15, -0.1) is 0 Å². The van der Waals surface area contributed by atoms with E-state index in [4.69, 9.17) is 4.42 Å². The van der Waals surface area contributed by atoms with Crippen LogP contribution in [0.4, 0.5) is 0 Å². The Hall–Kier alpha value is -3.37. The predicted molar refractivity (Wildman–Crippen MR) is 117 cm³/mol. The highest BCUT2D eigenvalue weighted by Gasteiger charge is 2.53. The lowest BCUT2D eigenvalue weighted by Gasteiger charge is -2.35. The molecule has 1 aromatic heterocycles. The molecule has 5 amide bonds. The molecule has 5 rings (SSSR count). The van der Waals surface area contributed by atoms with Crippen LogP contribution in [0, 0.1) is 5.92 Å². The molecule has 4 atom stereocenters. The summed E-state index contributed by atoms with van der Waals surface area (Å²) in [6, 6.07) is 0.929. The fraction of sp³-hybridized carbons (Fsp3) is 0.609. The van der Waals surface area contributed by atoms with E-state index in [2.05, 4.69) is 10.6 Å². The zero-order valence-corrected chi connectivity index (χ0v) is 19.1. The van der Waals surface area contributed by atoms with Gasteiger partial charge in [-0.05, 0) is 37.8 Å². The zero-order valence-electron chi connectivity index (χ0n) is 19.1. The molecular formula is C23H29N5O6. The number of rotatable bonds is 3. The first-order valence-corrected chi connectivity index (χ1v) is 11.8. The van der Waals surface area contributed by atoms with Crippen LogP contribution in [-0.4, -0.2) is 94.6 Å². The van der Waals surface area contributed by atoms with Crippen molar-refractivity contribution in [2.75, 3.05) is 26.2 Å². The maximum Gasteiger partial charge on any atom is 0.287 e. The number of furan rings is 1. The largest absolute Gasteiger partial charge is 0.459 e. The molecule has 0 radical (unpaired) electrons. The molecule has 0 saturated carbocycles. The number of likely N-dealkylation sites (tertiary alicyclic amines) is 2. The van der Waals surface area contributed by atoms with E-state index < -0.39 is 30.1 Å². The predicted octanol–water partition coefficient (Wildman–Crippen LogP) is -0.663. The van der Waals surface area contributed by atoms with E-state index in [1.165, 1.54) is 18.1 Å². The highest BCUT2D eigenvalue weighted by molar-refractivity contribution is 5.97. The van der Waals surface area contributed by atoms with Crippen molar-refractivity contribution in [3.05, 3.63) is 24.2 Å². The molecule has 0 aromatic carbocycles. The summed E-state index contributed by atoms with van der Waals surface area (Å²) in [4.78, 5) is 68.8. The van der Waals surface area contributed by atoms with Gasteiger partial charge in [-0.2, -0.15) is 0 Å². The zero-order chi connectivity index (χ0) is 24.0. The van der Waals surface area contributed by atoms with Gasteiger partial charge in [-0.1, -0.05) is 0 Å². The number of fused-ring (bicyclic) bond motifs is 2. The molecule has 4 saturated heterocycles. The number of hydrogen-bond acceptors (Lipinski definition) is 6. The van der Waals surface area contributed by atoms with Crippen LogP contribution in [0.3, 0.4) is 0 Å². The number of hydrogen-bond donors (Lipinski definition) is 2. The average molecular weight is 472 g/mol. The van der Waals surface area contributed by atoms with Crippen molar-refractivity contribution < 1.29 is 28.4 Å². The van der Waals surface area contributed by atoms with Crippen molar-refractivity contribution in [3.63, 3.8) is 0 Å². The molecule has 4 unspecified atom stereocenters. The van der Waals surface area contributed by atoms with E-state index in [1.807, 2.05) is 0 Å². The molecule has 0 bridgehead atoms. The maximum atomic E-state index is 13.6. The number of nitrogens with zero attached hydrogens (tertiary/aromatic N) is 3. The van der Waals surface area contributed by atoms with Crippen molar-refractivity contribution in [1.82, 2.24) is 25.3 Å². The minimum Gasteiger partial charge on any atom is -0.459 e. The summed E-state index contributed by atoms with van der Waals surface area (Å²) in [6.45, 7) is 3.19. The van der Waals surface area contributed by atoms with Gasteiger partial charge < -0.3 is 29.8 Å². The lowest BCUT2D eigenvalue weighted by Crippen LogP contribution is -2.54. The lowest BCUT2D eigenvalue weighted by atomic mass is 9.94. The van der Waals surface area contributed by atoms with Gasteiger partial charge in [0.05, 0.1) is 12.3 Å². The second kappa shape index (κ2) is 8.77. The monoisotopic (exact) mass is 471 g/mol. The first-order valence-electron chi connectivity index (χ1n) is 11.8. The Morgan fingerprint density at radius 2 is 1.88 bits per heavy atom. The Kier molecular flexibility index (Phi) is 5.78. The van der Waals surface area contributed by atoms with Crippen molar-refractivity contribution in [2.45, 2.75) is 56.8 Å². The third-order valence-corrected chi connectivity index (χ3v) is 7.52. The van der Waals surface area contributed by atoms with Gasteiger partial charge in [-0.3, -0.25) is 24.0 Å². The highest BCUT2D eigenvalue weighted by Crippen LogP contribution is 2.31. The molecule has 4 fully saturated rings. The minimum absolute atomic E-state index is 0.00237. The highest BCUT2D eigenvalue weighted by atomic mass is 16.3. The van der Waals surface area contributed by atoms with Gasteiger partial charge in [0, 0.05) is 45.1 Å². The lowest BCUT2D eigenvalue weighted by molar-refractivity contribution is -0.148. The van der Waals surface area contributed by atoms with E-state index in [-0.39, 0.29) is 41.9 Å². The van der Waals surface area contributed by atoms with E-state index in [0.29, 0.717) is 45.3 Å². The summed E-state index contributed by atoms with van der Waals surface area (Å²) in [7, 11) is 0. The van der Waals surface area contributed by atoms with Gasteiger partial charge in [0.2, 0.25) is 23.6 Å². The van der Waals surface area contributed by atoms with Crippen LogP contribution in [0.1, 0.15) is 43.2 Å². The summed E-state index contributed by atoms with van der Waals surface area (Å²) in [5.74, 6) is -1.05. The van der Waals surface area contributed by atoms with Crippen molar-refractivity contribution in [1.29, 1.82) is 0 Å². The molecule has 4 aliphatic heterocycles. The van der Waals surface area contributed by atoms with Crippen LogP contribution in [0.5, 0.6) is 0 Å². The van der Waals surface area contributed by atoms with Gasteiger partial charge in [0.1, 0.15) is 12.1 Å². The summed E-state index contributed by atoms with van der Waals surface area (Å²) in [6.07, 6.45) is 3.38. The molecular weight excluding hydrogens is 442 g/mol. The molecule has 5 heterocycles. The van der Waals surface area contributed by atoms with Crippen LogP contribution in [0.15, 0.2) is 22.8 Å². The summed E-state index contributed by atoms with van der Waals surface area (Å²) >= 11 is 0. The van der Waals surface area contributed by atoms with E-state index in [0.717, 1.165) is 0 Å². The van der Waals surface area contributed by atoms with Crippen LogP contribution in [-0.2, 0) is 19.2 Å². The van der Waals surface area contributed by atoms with Crippen LogP contribution in [0.25, 0.3) is 0 Å². The molecule has 1 aromatic rings. The number of nitrogens with one attached hydrogen (secondary N) is 2. The Labute approximate surface area is 196 Å². The number of piperidine rings is 1. The topological polar surface area (TPSA) is 132 Å². The van der Waals surface area contributed by atoms with E-state index in [9.17, 15) is 24.0 Å². The van der Waals surface area contributed by atoms with Crippen LogP contribution in [0.2, 0.25) is 0 Å². The maximum absolute atomic E-state index is 13.6. The number of carbonyl (C=O) groups excluding carboxylic acids is 5. The normalized spacial score (nSPS) is 29.4.